The van der Waals surface area contributed by atoms with Gasteiger partial charge in [-0.1, -0.05) is 27.2 Å². The van der Waals surface area contributed by atoms with E-state index in [-0.39, 0.29) is 11.8 Å². The van der Waals surface area contributed by atoms with E-state index in [4.69, 9.17) is 10.5 Å². The van der Waals surface area contributed by atoms with Crippen LogP contribution in [0.25, 0.3) is 0 Å². The molecule has 0 radical (unpaired) electrons. The topological polar surface area (TPSA) is 64.3 Å². The quantitative estimate of drug-likeness (QED) is 0.796. The molecule has 0 saturated heterocycles. The molecule has 19 heavy (non-hydrogen) atoms. The van der Waals surface area contributed by atoms with Gasteiger partial charge in [-0.2, -0.15) is 0 Å². The lowest BCUT2D eigenvalue weighted by Crippen LogP contribution is -2.40. The molecule has 0 saturated carbocycles. The molecule has 0 spiro atoms. The van der Waals surface area contributed by atoms with Gasteiger partial charge >= 0.3 is 0 Å². The fourth-order valence-corrected chi connectivity index (χ4v) is 1.59. The highest BCUT2D eigenvalue weighted by Gasteiger charge is 2.19. The third-order valence-corrected chi connectivity index (χ3v) is 3.15. The van der Waals surface area contributed by atoms with Gasteiger partial charge in [-0.25, -0.2) is 0 Å². The predicted molar refractivity (Wildman–Crippen MR) is 78.3 cm³/mol. The largest absolute Gasteiger partial charge is 0.494 e. The monoisotopic (exact) mass is 264 g/mol. The van der Waals surface area contributed by atoms with E-state index in [0.29, 0.717) is 6.61 Å². The molecule has 106 valence electrons. The summed E-state index contributed by atoms with van der Waals surface area (Å²) in [6.07, 6.45) is 1.86. The highest BCUT2D eigenvalue weighted by Crippen LogP contribution is 2.16. The number of hydrogen-bond donors (Lipinski definition) is 2. The van der Waals surface area contributed by atoms with Gasteiger partial charge < -0.3 is 15.8 Å². The van der Waals surface area contributed by atoms with Crippen molar-refractivity contribution in [1.82, 2.24) is 0 Å². The van der Waals surface area contributed by atoms with E-state index in [1.807, 2.05) is 38.1 Å². The molecule has 0 heterocycles. The zero-order valence-corrected chi connectivity index (χ0v) is 12.0. The number of carbonyl (C=O) groups is 1. The van der Waals surface area contributed by atoms with Crippen LogP contribution >= 0.6 is 0 Å². The molecule has 4 nitrogen and oxygen atoms in total. The first kappa shape index (κ1) is 15.5. The standard InChI is InChI=1S/C15H24N2O2/c1-4-10-19-13-8-6-12(7-9-13)17-15(18)14(16)11(3)5-2/h6-9,11,14H,4-5,10,16H2,1-3H3,(H,17,18). The lowest BCUT2D eigenvalue weighted by atomic mass is 9.99. The van der Waals surface area contributed by atoms with Gasteiger partial charge in [-0.3, -0.25) is 4.79 Å². The minimum Gasteiger partial charge on any atom is -0.494 e. The lowest BCUT2D eigenvalue weighted by molar-refractivity contribution is -0.118. The molecule has 0 fully saturated rings. The highest BCUT2D eigenvalue weighted by molar-refractivity contribution is 5.94. The van der Waals surface area contributed by atoms with Crippen LogP contribution in [-0.4, -0.2) is 18.6 Å². The van der Waals surface area contributed by atoms with Gasteiger partial charge in [0.25, 0.3) is 0 Å². The molecule has 2 atom stereocenters. The molecule has 4 heteroatoms. The van der Waals surface area contributed by atoms with Gasteiger partial charge in [0.15, 0.2) is 0 Å². The van der Waals surface area contributed by atoms with Crippen LogP contribution in [0, 0.1) is 5.92 Å². The molecule has 0 aliphatic rings. The predicted octanol–water partition coefficient (Wildman–Crippen LogP) is 2.79. The summed E-state index contributed by atoms with van der Waals surface area (Å²) in [5.41, 5.74) is 6.62. The van der Waals surface area contributed by atoms with Crippen LogP contribution < -0.4 is 15.8 Å². The summed E-state index contributed by atoms with van der Waals surface area (Å²) in [5.74, 6) is 0.842. The Balaban J connectivity index is 2.55. The number of nitrogens with two attached hydrogens (primary N) is 1. The minimum absolute atomic E-state index is 0.142. The van der Waals surface area contributed by atoms with E-state index in [1.54, 1.807) is 0 Å². The van der Waals surface area contributed by atoms with Crippen LogP contribution in [0.1, 0.15) is 33.6 Å². The second kappa shape index (κ2) is 7.79. The second-order valence-corrected chi connectivity index (χ2v) is 4.77. The van der Waals surface area contributed by atoms with Crippen LogP contribution in [0.3, 0.4) is 0 Å². The van der Waals surface area contributed by atoms with Gasteiger partial charge in [-0.15, -0.1) is 0 Å². The Labute approximate surface area is 115 Å². The zero-order chi connectivity index (χ0) is 14.3. The smallest absolute Gasteiger partial charge is 0.241 e. The molecule has 1 amide bonds. The first-order chi connectivity index (χ1) is 9.08. The number of hydrogen-bond acceptors (Lipinski definition) is 3. The molecule has 2 unspecified atom stereocenters. The number of rotatable bonds is 7. The van der Waals surface area contributed by atoms with Crippen molar-refractivity contribution in [3.05, 3.63) is 24.3 Å². The number of carbonyl (C=O) groups excluding carboxylic acids is 1. The number of benzene rings is 1. The van der Waals surface area contributed by atoms with E-state index in [0.717, 1.165) is 24.3 Å². The van der Waals surface area contributed by atoms with Crippen LogP contribution in [0.5, 0.6) is 5.75 Å². The Hall–Kier alpha value is -1.55. The van der Waals surface area contributed by atoms with Crippen molar-refractivity contribution < 1.29 is 9.53 Å². The molecule has 1 aromatic carbocycles. The van der Waals surface area contributed by atoms with Crippen molar-refractivity contribution in [3.63, 3.8) is 0 Å². The van der Waals surface area contributed by atoms with Crippen LogP contribution in [0.4, 0.5) is 5.69 Å². The van der Waals surface area contributed by atoms with Crippen LogP contribution in [0.15, 0.2) is 24.3 Å². The van der Waals surface area contributed by atoms with Gasteiger partial charge in [0.05, 0.1) is 12.6 Å². The molecule has 0 aromatic heterocycles. The summed E-state index contributed by atoms with van der Waals surface area (Å²) in [7, 11) is 0. The maximum absolute atomic E-state index is 11.9. The third kappa shape index (κ3) is 4.91. The summed E-state index contributed by atoms with van der Waals surface area (Å²) < 4.78 is 5.48. The third-order valence-electron chi connectivity index (χ3n) is 3.15. The van der Waals surface area contributed by atoms with Crippen molar-refractivity contribution in [1.29, 1.82) is 0 Å². The van der Waals surface area contributed by atoms with Gasteiger partial charge in [-0.05, 0) is 36.6 Å². The summed E-state index contributed by atoms with van der Waals surface area (Å²) in [5, 5.41) is 2.82. The zero-order valence-electron chi connectivity index (χ0n) is 12.0. The van der Waals surface area contributed by atoms with Crippen molar-refractivity contribution in [2.24, 2.45) is 11.7 Å². The average molecular weight is 264 g/mol. The number of anilines is 1. The molecule has 1 aromatic rings. The van der Waals surface area contributed by atoms with Crippen molar-refractivity contribution in [2.75, 3.05) is 11.9 Å². The van der Waals surface area contributed by atoms with Gasteiger partial charge in [0.2, 0.25) is 5.91 Å². The Bertz CT molecular complexity index is 390. The van der Waals surface area contributed by atoms with E-state index in [9.17, 15) is 4.79 Å². The summed E-state index contributed by atoms with van der Waals surface area (Å²) in [4.78, 5) is 11.9. The first-order valence-electron chi connectivity index (χ1n) is 6.87. The SMILES string of the molecule is CCCOc1ccc(NC(=O)C(N)C(C)CC)cc1. The molecular formula is C15H24N2O2. The van der Waals surface area contributed by atoms with Crippen LogP contribution in [0.2, 0.25) is 0 Å². The molecule has 0 bridgehead atoms. The van der Waals surface area contributed by atoms with E-state index >= 15 is 0 Å². The molecular weight excluding hydrogens is 240 g/mol. The summed E-state index contributed by atoms with van der Waals surface area (Å²) in [6, 6.07) is 6.87. The van der Waals surface area contributed by atoms with Crippen molar-refractivity contribution >= 4 is 11.6 Å². The number of ether oxygens (including phenoxy) is 1. The van der Waals surface area contributed by atoms with E-state index < -0.39 is 6.04 Å². The maximum atomic E-state index is 11.9. The van der Waals surface area contributed by atoms with Gasteiger partial charge in [0, 0.05) is 5.69 Å². The second-order valence-electron chi connectivity index (χ2n) is 4.77. The van der Waals surface area contributed by atoms with Crippen molar-refractivity contribution in [2.45, 2.75) is 39.7 Å². The Morgan fingerprint density at radius 3 is 2.47 bits per heavy atom. The fraction of sp³-hybridized carbons (Fsp3) is 0.533. The fourth-order valence-electron chi connectivity index (χ4n) is 1.59. The Kier molecular flexibility index (Phi) is 6.36. The Morgan fingerprint density at radius 1 is 1.32 bits per heavy atom. The van der Waals surface area contributed by atoms with E-state index in [1.165, 1.54) is 0 Å². The lowest BCUT2D eigenvalue weighted by Gasteiger charge is -2.17. The summed E-state index contributed by atoms with van der Waals surface area (Å²) >= 11 is 0. The van der Waals surface area contributed by atoms with Crippen LogP contribution in [-0.2, 0) is 4.79 Å². The average Bonchev–Trinajstić information content (AvgIpc) is 2.44. The Morgan fingerprint density at radius 2 is 1.95 bits per heavy atom. The normalized spacial score (nSPS) is 13.7. The van der Waals surface area contributed by atoms with Crippen molar-refractivity contribution in [3.8, 4) is 5.75 Å². The molecule has 0 aliphatic carbocycles. The maximum Gasteiger partial charge on any atom is 0.241 e. The molecule has 0 aliphatic heterocycles. The molecule has 3 N–H and O–H groups in total. The van der Waals surface area contributed by atoms with Gasteiger partial charge in [0.1, 0.15) is 5.75 Å². The number of nitrogens with one attached hydrogen (secondary N) is 1. The first-order valence-corrected chi connectivity index (χ1v) is 6.87. The number of amides is 1. The van der Waals surface area contributed by atoms with E-state index in [2.05, 4.69) is 12.2 Å². The highest BCUT2D eigenvalue weighted by atomic mass is 16.5. The summed E-state index contributed by atoms with van der Waals surface area (Å²) in [6.45, 7) is 6.76. The molecule has 1 rings (SSSR count). The minimum atomic E-state index is -0.471.